The Morgan fingerprint density at radius 1 is 0.875 bits per heavy atom. The molecule has 4 rings (SSSR count). The number of benzene rings is 3. The van der Waals surface area contributed by atoms with Crippen LogP contribution in [0.5, 0.6) is 11.5 Å². The van der Waals surface area contributed by atoms with Gasteiger partial charge in [-0.3, -0.25) is 9.59 Å². The van der Waals surface area contributed by atoms with Gasteiger partial charge in [0.15, 0.2) is 17.4 Å². The number of hydrogen-bond donors (Lipinski definition) is 1. The van der Waals surface area contributed by atoms with Gasteiger partial charge < -0.3 is 24.3 Å². The summed E-state index contributed by atoms with van der Waals surface area (Å²) in [4.78, 5) is 25.8. The number of esters is 2. The van der Waals surface area contributed by atoms with Gasteiger partial charge in [-0.25, -0.2) is 0 Å². The maximum absolute atomic E-state index is 12.9. The smallest absolute Gasteiger partial charge is 0.322 e. The average Bonchev–Trinajstić information content (AvgIpc) is 3.27. The zero-order valence-electron chi connectivity index (χ0n) is 18.0. The van der Waals surface area contributed by atoms with Crippen LogP contribution >= 0.6 is 0 Å². The van der Waals surface area contributed by atoms with E-state index in [9.17, 15) is 9.59 Å². The number of ether oxygens (including phenoxy) is 4. The highest BCUT2D eigenvalue weighted by Crippen LogP contribution is 2.38. The summed E-state index contributed by atoms with van der Waals surface area (Å²) < 4.78 is 21.4. The minimum absolute atomic E-state index is 0.126. The van der Waals surface area contributed by atoms with Gasteiger partial charge in [-0.05, 0) is 54.4 Å². The van der Waals surface area contributed by atoms with Gasteiger partial charge in [-0.15, -0.1) is 0 Å². The Labute approximate surface area is 186 Å². The molecule has 1 aliphatic heterocycles. The lowest BCUT2D eigenvalue weighted by Gasteiger charge is -2.27. The summed E-state index contributed by atoms with van der Waals surface area (Å²) in [5, 5.41) is 5.48. The molecule has 0 unspecified atom stereocenters. The van der Waals surface area contributed by atoms with Crippen LogP contribution in [0.25, 0.3) is 10.8 Å². The summed E-state index contributed by atoms with van der Waals surface area (Å²) in [6.07, 6.45) is 0. The first kappa shape index (κ1) is 21.5. The molecule has 3 aromatic carbocycles. The molecule has 7 heteroatoms. The lowest BCUT2D eigenvalue weighted by atomic mass is 9.92. The second-order valence-corrected chi connectivity index (χ2v) is 7.28. The molecule has 0 spiro atoms. The van der Waals surface area contributed by atoms with E-state index in [0.29, 0.717) is 17.1 Å². The number of nitrogens with one attached hydrogen (secondary N) is 1. The van der Waals surface area contributed by atoms with E-state index < -0.39 is 23.9 Å². The van der Waals surface area contributed by atoms with Crippen LogP contribution in [0.2, 0.25) is 0 Å². The first-order chi connectivity index (χ1) is 15.6. The minimum atomic E-state index is -1.21. The van der Waals surface area contributed by atoms with Crippen LogP contribution in [0.3, 0.4) is 0 Å². The summed E-state index contributed by atoms with van der Waals surface area (Å²) >= 11 is 0. The third kappa shape index (κ3) is 4.46. The normalized spacial score (nSPS) is 13.1. The summed E-state index contributed by atoms with van der Waals surface area (Å²) in [5.41, 5.74) is 1.43. The molecule has 0 saturated heterocycles. The van der Waals surface area contributed by atoms with E-state index in [0.717, 1.165) is 16.5 Å². The summed E-state index contributed by atoms with van der Waals surface area (Å²) in [7, 11) is 0. The molecule has 0 aromatic heterocycles. The Hall–Kier alpha value is -3.74. The molecule has 1 heterocycles. The van der Waals surface area contributed by atoms with Crippen molar-refractivity contribution in [2.45, 2.75) is 19.9 Å². The van der Waals surface area contributed by atoms with Gasteiger partial charge in [-0.1, -0.05) is 36.4 Å². The predicted molar refractivity (Wildman–Crippen MR) is 120 cm³/mol. The number of carbonyl (C=O) groups is 2. The van der Waals surface area contributed by atoms with E-state index in [2.05, 4.69) is 5.32 Å². The largest absolute Gasteiger partial charge is 0.465 e. The molecule has 0 bridgehead atoms. The molecule has 0 fully saturated rings. The fraction of sp³-hybridized carbons (Fsp3) is 0.280. The van der Waals surface area contributed by atoms with Gasteiger partial charge in [0.05, 0.1) is 19.3 Å². The SMILES string of the molecule is CCOC(=O)C(C(=O)OCC)[C@H](Nc1ccc2ccccc2c1)c1ccc2c(c1)OCO2. The molecule has 1 N–H and O–H groups in total. The molecule has 32 heavy (non-hydrogen) atoms. The number of anilines is 1. The van der Waals surface area contributed by atoms with Crippen LogP contribution in [0, 0.1) is 5.92 Å². The molecule has 0 radical (unpaired) electrons. The Morgan fingerprint density at radius 3 is 2.28 bits per heavy atom. The highest BCUT2D eigenvalue weighted by Gasteiger charge is 2.39. The maximum atomic E-state index is 12.9. The lowest BCUT2D eigenvalue weighted by Crippen LogP contribution is -2.36. The van der Waals surface area contributed by atoms with E-state index in [-0.39, 0.29) is 20.0 Å². The van der Waals surface area contributed by atoms with Gasteiger partial charge in [0, 0.05) is 5.69 Å². The fourth-order valence-electron chi connectivity index (χ4n) is 3.76. The Balaban J connectivity index is 1.76. The number of rotatable bonds is 8. The third-order valence-electron chi connectivity index (χ3n) is 5.24. The third-order valence-corrected chi connectivity index (χ3v) is 5.24. The van der Waals surface area contributed by atoms with Crippen LogP contribution in [0.15, 0.2) is 60.7 Å². The standard InChI is InChI=1S/C25H25NO6/c1-3-29-24(27)22(25(28)30-4-2)23(18-10-12-20-21(14-18)32-15-31-20)26-19-11-9-16-7-5-6-8-17(16)13-19/h5-14,22-23,26H,3-4,15H2,1-2H3/t23-/m1/s1. The maximum Gasteiger partial charge on any atom is 0.322 e. The topological polar surface area (TPSA) is 83.1 Å². The predicted octanol–water partition coefficient (Wildman–Crippen LogP) is 4.46. The van der Waals surface area contributed by atoms with Crippen molar-refractivity contribution in [1.82, 2.24) is 0 Å². The number of carbonyl (C=O) groups excluding carboxylic acids is 2. The van der Waals surface area contributed by atoms with E-state index in [4.69, 9.17) is 18.9 Å². The molecule has 1 atom stereocenters. The van der Waals surface area contributed by atoms with Crippen molar-refractivity contribution in [3.63, 3.8) is 0 Å². The monoisotopic (exact) mass is 435 g/mol. The summed E-state index contributed by atoms with van der Waals surface area (Å²) in [6, 6.07) is 18.4. The van der Waals surface area contributed by atoms with Crippen molar-refractivity contribution >= 4 is 28.4 Å². The van der Waals surface area contributed by atoms with Gasteiger partial charge in [0.2, 0.25) is 6.79 Å². The molecule has 1 aliphatic rings. The van der Waals surface area contributed by atoms with Gasteiger partial charge in [0.1, 0.15) is 0 Å². The van der Waals surface area contributed by atoms with E-state index in [1.807, 2.05) is 42.5 Å². The highest BCUT2D eigenvalue weighted by molar-refractivity contribution is 5.96. The molecule has 7 nitrogen and oxygen atoms in total. The second kappa shape index (κ2) is 9.60. The van der Waals surface area contributed by atoms with Crippen LogP contribution in [-0.2, 0) is 19.1 Å². The molecule has 3 aromatic rings. The molecular weight excluding hydrogens is 410 g/mol. The molecular formula is C25H25NO6. The van der Waals surface area contributed by atoms with Gasteiger partial charge >= 0.3 is 11.9 Å². The summed E-state index contributed by atoms with van der Waals surface area (Å²) in [6.45, 7) is 3.83. The first-order valence-corrected chi connectivity index (χ1v) is 10.6. The lowest BCUT2D eigenvalue weighted by molar-refractivity contribution is -0.162. The van der Waals surface area contributed by atoms with Crippen molar-refractivity contribution < 1.29 is 28.5 Å². The Bertz CT molecular complexity index is 1110. The molecule has 0 saturated carbocycles. The summed E-state index contributed by atoms with van der Waals surface area (Å²) in [5.74, 6) is -1.34. The zero-order valence-corrected chi connectivity index (χ0v) is 18.0. The van der Waals surface area contributed by atoms with E-state index in [1.54, 1.807) is 32.0 Å². The number of fused-ring (bicyclic) bond motifs is 2. The molecule has 0 aliphatic carbocycles. The average molecular weight is 435 g/mol. The van der Waals surface area contributed by atoms with Crippen LogP contribution in [0.4, 0.5) is 5.69 Å². The van der Waals surface area contributed by atoms with Crippen LogP contribution in [0.1, 0.15) is 25.5 Å². The second-order valence-electron chi connectivity index (χ2n) is 7.28. The van der Waals surface area contributed by atoms with Crippen LogP contribution < -0.4 is 14.8 Å². The van der Waals surface area contributed by atoms with Crippen molar-refractivity contribution in [3.05, 3.63) is 66.2 Å². The Kier molecular flexibility index (Phi) is 6.44. The fourth-order valence-corrected chi connectivity index (χ4v) is 3.76. The van der Waals surface area contributed by atoms with Crippen molar-refractivity contribution in [2.24, 2.45) is 5.92 Å². The Morgan fingerprint density at radius 2 is 1.56 bits per heavy atom. The van der Waals surface area contributed by atoms with E-state index in [1.165, 1.54) is 0 Å². The van der Waals surface area contributed by atoms with Gasteiger partial charge in [-0.2, -0.15) is 0 Å². The zero-order chi connectivity index (χ0) is 22.5. The van der Waals surface area contributed by atoms with Gasteiger partial charge in [0.25, 0.3) is 0 Å². The van der Waals surface area contributed by atoms with Crippen molar-refractivity contribution in [1.29, 1.82) is 0 Å². The highest BCUT2D eigenvalue weighted by atomic mass is 16.7. The molecule has 0 amide bonds. The van der Waals surface area contributed by atoms with Crippen LogP contribution in [-0.4, -0.2) is 31.9 Å². The minimum Gasteiger partial charge on any atom is -0.465 e. The molecule has 166 valence electrons. The van der Waals surface area contributed by atoms with Crippen molar-refractivity contribution in [3.8, 4) is 11.5 Å². The van der Waals surface area contributed by atoms with E-state index >= 15 is 0 Å². The number of hydrogen-bond acceptors (Lipinski definition) is 7. The quantitative estimate of drug-likeness (QED) is 0.413. The first-order valence-electron chi connectivity index (χ1n) is 10.6. The van der Waals surface area contributed by atoms with Crippen molar-refractivity contribution in [2.75, 3.05) is 25.3 Å².